The number of hydrogen-bond acceptors (Lipinski definition) is 4. The summed E-state index contributed by atoms with van der Waals surface area (Å²) in [5.74, 6) is -0.409. The van der Waals surface area contributed by atoms with Crippen LogP contribution in [0.2, 0.25) is 0 Å². The molecule has 0 saturated carbocycles. The molecule has 2 N–H and O–H groups in total. The number of hydrogen-bond donors (Lipinski definition) is 2. The Morgan fingerprint density at radius 3 is 2.50 bits per heavy atom. The predicted molar refractivity (Wildman–Crippen MR) is 74.4 cm³/mol. The van der Waals surface area contributed by atoms with Gasteiger partial charge >= 0.3 is 0 Å². The first-order chi connectivity index (χ1) is 9.58. The molecule has 0 aromatic heterocycles. The van der Waals surface area contributed by atoms with Gasteiger partial charge in [0, 0.05) is 18.8 Å². The minimum absolute atomic E-state index is 0.297. The maximum atomic E-state index is 11.9. The fraction of sp³-hybridized carbons (Fsp3) is 0.417. The predicted octanol–water partition coefficient (Wildman–Crippen LogP) is -0.208. The van der Waals surface area contributed by atoms with Crippen LogP contribution in [0.15, 0.2) is 30.3 Å². The van der Waals surface area contributed by atoms with Crippen LogP contribution in [0.4, 0.5) is 5.69 Å². The lowest BCUT2D eigenvalue weighted by Gasteiger charge is -2.25. The van der Waals surface area contributed by atoms with Crippen molar-refractivity contribution in [3.05, 3.63) is 30.3 Å². The molecular weight excluding hydrogens is 282 g/mol. The number of para-hydroxylation sites is 1. The van der Waals surface area contributed by atoms with E-state index in [-0.39, 0.29) is 6.54 Å². The standard InChI is InChI=1S/C12H17N3O4S/c16-12(14-11-4-2-1-3-5-11)10-13-20(17,18)15-6-8-19-9-7-15/h1-5,13H,6-10H2,(H,14,16). The Kier molecular flexibility index (Phi) is 5.07. The lowest BCUT2D eigenvalue weighted by atomic mass is 10.3. The molecule has 20 heavy (non-hydrogen) atoms. The van der Waals surface area contributed by atoms with Gasteiger partial charge < -0.3 is 10.1 Å². The van der Waals surface area contributed by atoms with E-state index in [1.807, 2.05) is 6.07 Å². The third-order valence-corrected chi connectivity index (χ3v) is 4.34. The Morgan fingerprint density at radius 2 is 1.85 bits per heavy atom. The van der Waals surface area contributed by atoms with Gasteiger partial charge in [0.1, 0.15) is 0 Å². The van der Waals surface area contributed by atoms with Gasteiger partial charge in [0.2, 0.25) is 5.91 Å². The molecule has 0 atom stereocenters. The summed E-state index contributed by atoms with van der Waals surface area (Å²) in [6.45, 7) is 1.05. The molecule has 0 radical (unpaired) electrons. The van der Waals surface area contributed by atoms with Crippen molar-refractivity contribution in [2.75, 3.05) is 38.2 Å². The number of carbonyl (C=O) groups is 1. The Morgan fingerprint density at radius 1 is 1.20 bits per heavy atom. The monoisotopic (exact) mass is 299 g/mol. The molecule has 1 aromatic carbocycles. The number of carbonyl (C=O) groups excluding carboxylic acids is 1. The summed E-state index contributed by atoms with van der Waals surface area (Å²) in [6.07, 6.45) is 0. The first-order valence-corrected chi connectivity index (χ1v) is 7.69. The normalized spacial score (nSPS) is 16.8. The molecule has 7 nitrogen and oxygen atoms in total. The van der Waals surface area contributed by atoms with Gasteiger partial charge in [0.25, 0.3) is 10.2 Å². The van der Waals surface area contributed by atoms with E-state index >= 15 is 0 Å². The second kappa shape index (κ2) is 6.80. The van der Waals surface area contributed by atoms with Crippen molar-refractivity contribution in [2.45, 2.75) is 0 Å². The highest BCUT2D eigenvalue weighted by Gasteiger charge is 2.24. The van der Waals surface area contributed by atoms with E-state index in [0.29, 0.717) is 32.0 Å². The van der Waals surface area contributed by atoms with E-state index in [1.54, 1.807) is 24.3 Å². The van der Waals surface area contributed by atoms with Crippen molar-refractivity contribution >= 4 is 21.8 Å². The highest BCUT2D eigenvalue weighted by molar-refractivity contribution is 7.87. The molecule has 1 aliphatic heterocycles. The number of nitrogens with zero attached hydrogens (tertiary/aromatic N) is 1. The highest BCUT2D eigenvalue weighted by atomic mass is 32.2. The summed E-state index contributed by atoms with van der Waals surface area (Å²) < 4.78 is 32.5. The molecule has 1 heterocycles. The van der Waals surface area contributed by atoms with E-state index in [9.17, 15) is 13.2 Å². The first-order valence-electron chi connectivity index (χ1n) is 6.25. The van der Waals surface area contributed by atoms with Crippen LogP contribution in [0, 0.1) is 0 Å². The SMILES string of the molecule is O=C(CNS(=O)(=O)N1CCOCC1)Nc1ccccc1. The molecule has 0 unspecified atom stereocenters. The average Bonchev–Trinajstić information content (AvgIpc) is 2.47. The zero-order valence-electron chi connectivity index (χ0n) is 10.9. The number of amides is 1. The van der Waals surface area contributed by atoms with Gasteiger partial charge in [0.05, 0.1) is 19.8 Å². The van der Waals surface area contributed by atoms with Crippen LogP contribution in [0.25, 0.3) is 0 Å². The summed E-state index contributed by atoms with van der Waals surface area (Å²) in [6, 6.07) is 8.86. The third-order valence-electron chi connectivity index (χ3n) is 2.78. The second-order valence-electron chi connectivity index (χ2n) is 4.25. The van der Waals surface area contributed by atoms with Gasteiger partial charge in [-0.1, -0.05) is 18.2 Å². The van der Waals surface area contributed by atoms with Crippen LogP contribution in [-0.4, -0.2) is 51.5 Å². The summed E-state index contributed by atoms with van der Waals surface area (Å²) in [5.41, 5.74) is 0.628. The van der Waals surface area contributed by atoms with Crippen molar-refractivity contribution in [1.82, 2.24) is 9.03 Å². The van der Waals surface area contributed by atoms with Crippen molar-refractivity contribution < 1.29 is 17.9 Å². The summed E-state index contributed by atoms with van der Waals surface area (Å²) in [4.78, 5) is 11.7. The average molecular weight is 299 g/mol. The van der Waals surface area contributed by atoms with Gasteiger partial charge in [0.15, 0.2) is 0 Å². The smallest absolute Gasteiger partial charge is 0.280 e. The maximum absolute atomic E-state index is 11.9. The molecule has 0 aliphatic carbocycles. The largest absolute Gasteiger partial charge is 0.379 e. The van der Waals surface area contributed by atoms with E-state index < -0.39 is 16.1 Å². The summed E-state index contributed by atoms with van der Waals surface area (Å²) >= 11 is 0. The van der Waals surface area contributed by atoms with Gasteiger partial charge in [-0.2, -0.15) is 17.4 Å². The number of rotatable bonds is 5. The lowest BCUT2D eigenvalue weighted by molar-refractivity contribution is -0.115. The van der Waals surface area contributed by atoms with Crippen LogP contribution in [0.1, 0.15) is 0 Å². The molecule has 1 aliphatic rings. The fourth-order valence-electron chi connectivity index (χ4n) is 1.76. The molecule has 1 saturated heterocycles. The summed E-state index contributed by atoms with van der Waals surface area (Å²) in [7, 11) is -3.63. The Labute approximate surface area is 118 Å². The summed E-state index contributed by atoms with van der Waals surface area (Å²) in [5, 5.41) is 2.61. The molecule has 0 bridgehead atoms. The number of benzene rings is 1. The first kappa shape index (κ1) is 14.9. The van der Waals surface area contributed by atoms with E-state index in [0.717, 1.165) is 0 Å². The van der Waals surface area contributed by atoms with Crippen LogP contribution < -0.4 is 10.0 Å². The van der Waals surface area contributed by atoms with Crippen molar-refractivity contribution in [1.29, 1.82) is 0 Å². The fourth-order valence-corrected chi connectivity index (χ4v) is 2.89. The van der Waals surface area contributed by atoms with Gasteiger partial charge in [-0.05, 0) is 12.1 Å². The number of ether oxygens (including phenoxy) is 1. The Hall–Kier alpha value is -1.48. The van der Waals surface area contributed by atoms with Gasteiger partial charge in [-0.15, -0.1) is 0 Å². The third kappa shape index (κ3) is 4.27. The molecule has 0 spiro atoms. The zero-order valence-corrected chi connectivity index (χ0v) is 11.7. The quantitative estimate of drug-likeness (QED) is 0.787. The highest BCUT2D eigenvalue weighted by Crippen LogP contribution is 2.05. The van der Waals surface area contributed by atoms with E-state index in [1.165, 1.54) is 4.31 Å². The van der Waals surface area contributed by atoms with Crippen LogP contribution in [-0.2, 0) is 19.7 Å². The van der Waals surface area contributed by atoms with Crippen molar-refractivity contribution in [3.63, 3.8) is 0 Å². The van der Waals surface area contributed by atoms with E-state index in [2.05, 4.69) is 10.0 Å². The molecular formula is C12H17N3O4S. The van der Waals surface area contributed by atoms with Crippen LogP contribution in [0.3, 0.4) is 0 Å². The maximum Gasteiger partial charge on any atom is 0.280 e. The Balaban J connectivity index is 1.83. The van der Waals surface area contributed by atoms with Crippen LogP contribution >= 0.6 is 0 Å². The minimum Gasteiger partial charge on any atom is -0.379 e. The topological polar surface area (TPSA) is 87.7 Å². The minimum atomic E-state index is -3.63. The van der Waals surface area contributed by atoms with Crippen LogP contribution in [0.5, 0.6) is 0 Å². The lowest BCUT2D eigenvalue weighted by Crippen LogP contribution is -2.48. The van der Waals surface area contributed by atoms with E-state index in [4.69, 9.17) is 4.74 Å². The van der Waals surface area contributed by atoms with Gasteiger partial charge in [-0.25, -0.2) is 0 Å². The molecule has 1 aromatic rings. The van der Waals surface area contributed by atoms with Crippen molar-refractivity contribution in [3.8, 4) is 0 Å². The molecule has 1 fully saturated rings. The molecule has 110 valence electrons. The number of nitrogens with one attached hydrogen (secondary N) is 2. The molecule has 8 heteroatoms. The number of morpholine rings is 1. The zero-order chi connectivity index (χ0) is 14.4. The number of anilines is 1. The van der Waals surface area contributed by atoms with Gasteiger partial charge in [-0.3, -0.25) is 4.79 Å². The molecule has 2 rings (SSSR count). The van der Waals surface area contributed by atoms with Crippen molar-refractivity contribution in [2.24, 2.45) is 0 Å². The Bertz CT molecular complexity index is 541. The molecule has 1 amide bonds. The second-order valence-corrected chi connectivity index (χ2v) is 6.01.